The van der Waals surface area contributed by atoms with Crippen molar-refractivity contribution in [3.8, 4) is 0 Å². The van der Waals surface area contributed by atoms with Crippen LogP contribution in [0, 0.1) is 56.2 Å². The number of carbonyl (C=O) groups is 1. The second kappa shape index (κ2) is 6.91. The number of fused-ring (bicyclic) bond motifs is 7. The van der Waals surface area contributed by atoms with Gasteiger partial charge in [-0.2, -0.15) is 0 Å². The number of aliphatic carboxylic acids is 1. The van der Waals surface area contributed by atoms with E-state index in [2.05, 4.69) is 61.5 Å². The van der Waals surface area contributed by atoms with E-state index in [0.717, 1.165) is 49.9 Å². The molecule has 0 amide bonds. The van der Waals surface area contributed by atoms with E-state index in [1.165, 1.54) is 32.1 Å². The lowest BCUT2D eigenvalue weighted by molar-refractivity contribution is -0.195. The van der Waals surface area contributed by atoms with Crippen molar-refractivity contribution in [2.24, 2.45) is 56.2 Å². The summed E-state index contributed by atoms with van der Waals surface area (Å²) in [6, 6.07) is 0. The lowest BCUT2D eigenvalue weighted by Crippen LogP contribution is -2.64. The van der Waals surface area contributed by atoms with Gasteiger partial charge < -0.3 is 5.11 Å². The van der Waals surface area contributed by atoms with Crippen molar-refractivity contribution in [3.63, 3.8) is 0 Å². The fraction of sp³-hybridized carbons (Fsp3) is 0.903. The topological polar surface area (TPSA) is 37.3 Å². The first-order valence-electron chi connectivity index (χ1n) is 14.1. The van der Waals surface area contributed by atoms with E-state index < -0.39 is 11.4 Å². The molecule has 2 nitrogen and oxygen atoms in total. The third-order valence-corrected chi connectivity index (χ3v) is 13.6. The molecule has 2 heteroatoms. The van der Waals surface area contributed by atoms with Crippen LogP contribution in [0.5, 0.6) is 0 Å². The molecule has 0 heterocycles. The summed E-state index contributed by atoms with van der Waals surface area (Å²) >= 11 is 0. The lowest BCUT2D eigenvalue weighted by atomic mass is 9.33. The van der Waals surface area contributed by atoms with Crippen molar-refractivity contribution in [1.82, 2.24) is 0 Å². The van der Waals surface area contributed by atoms with Gasteiger partial charge in [-0.25, -0.2) is 0 Å². The molecule has 1 N–H and O–H groups in total. The van der Waals surface area contributed by atoms with Crippen molar-refractivity contribution < 1.29 is 9.90 Å². The number of carboxylic acids is 1. The fourth-order valence-electron chi connectivity index (χ4n) is 10.8. The third kappa shape index (κ3) is 2.88. The molecule has 4 saturated carbocycles. The quantitative estimate of drug-likeness (QED) is 0.403. The number of carboxylic acid groups (broad SMARTS) is 1. The van der Waals surface area contributed by atoms with E-state index >= 15 is 0 Å². The Morgan fingerprint density at radius 3 is 2.21 bits per heavy atom. The maximum Gasteiger partial charge on any atom is 0.310 e. The van der Waals surface area contributed by atoms with Gasteiger partial charge in [0, 0.05) is 0 Å². The number of hydrogen-bond donors (Lipinski definition) is 1. The highest BCUT2D eigenvalue weighted by Gasteiger charge is 2.68. The van der Waals surface area contributed by atoms with Crippen molar-refractivity contribution in [1.29, 1.82) is 0 Å². The molecular formula is C31H50O2. The van der Waals surface area contributed by atoms with Crippen LogP contribution in [0.25, 0.3) is 0 Å². The smallest absolute Gasteiger partial charge is 0.310 e. The minimum atomic E-state index is -0.520. The van der Waals surface area contributed by atoms with E-state index in [0.29, 0.717) is 10.8 Å². The summed E-state index contributed by atoms with van der Waals surface area (Å²) in [4.78, 5) is 12.8. The Morgan fingerprint density at radius 1 is 0.879 bits per heavy atom. The summed E-state index contributed by atoms with van der Waals surface area (Å²) in [5.74, 6) is 2.04. The maximum absolute atomic E-state index is 12.8. The molecule has 4 fully saturated rings. The molecule has 0 bridgehead atoms. The maximum atomic E-state index is 12.8. The van der Waals surface area contributed by atoms with E-state index in [1.54, 1.807) is 5.57 Å². The van der Waals surface area contributed by atoms with Gasteiger partial charge in [-0.1, -0.05) is 67.0 Å². The van der Waals surface area contributed by atoms with Crippen molar-refractivity contribution in [2.75, 3.05) is 0 Å². The zero-order valence-electron chi connectivity index (χ0n) is 22.8. The predicted octanol–water partition coefficient (Wildman–Crippen LogP) is 8.51. The molecule has 5 rings (SSSR count). The van der Waals surface area contributed by atoms with Crippen molar-refractivity contribution >= 4 is 5.97 Å². The van der Waals surface area contributed by atoms with Crippen molar-refractivity contribution in [2.45, 2.75) is 120 Å². The summed E-state index contributed by atoms with van der Waals surface area (Å²) < 4.78 is 0. The molecule has 0 aromatic rings. The molecule has 186 valence electrons. The van der Waals surface area contributed by atoms with Gasteiger partial charge in [0.1, 0.15) is 0 Å². The number of rotatable bonds is 1. The van der Waals surface area contributed by atoms with Crippen LogP contribution in [0.15, 0.2) is 11.6 Å². The summed E-state index contributed by atoms with van der Waals surface area (Å²) in [5, 5.41) is 10.5. The normalized spacial score (nSPS) is 52.4. The molecule has 0 aromatic carbocycles. The molecule has 0 radical (unpaired) electrons. The Labute approximate surface area is 203 Å². The molecule has 0 aliphatic heterocycles. The Kier molecular flexibility index (Phi) is 5.01. The average molecular weight is 455 g/mol. The standard InChI is InChI=1S/C31H50O2/c1-20-11-13-28(6)23(27(20,4)5)12-14-30(8)24(28)10-9-21-22-19-26(2,3)15-17-31(22,25(32)33)18-16-29(21,30)7/h9,20,22-24H,10-19H2,1-8H3,(H,32,33)/t20-,22?,23-,24?,28?,29+,30-,31-/m0/s1. The van der Waals surface area contributed by atoms with Crippen molar-refractivity contribution in [3.05, 3.63) is 11.6 Å². The second-order valence-corrected chi connectivity index (χ2v) is 15.4. The first kappa shape index (κ1) is 23.9. The van der Waals surface area contributed by atoms with Gasteiger partial charge in [-0.05, 0) is 115 Å². The highest BCUT2D eigenvalue weighted by molar-refractivity contribution is 5.76. The van der Waals surface area contributed by atoms with E-state index in [9.17, 15) is 9.90 Å². The van der Waals surface area contributed by atoms with Crippen LogP contribution in [0.1, 0.15) is 120 Å². The van der Waals surface area contributed by atoms with Crippen LogP contribution in [0.2, 0.25) is 0 Å². The highest BCUT2D eigenvalue weighted by atomic mass is 16.4. The number of hydrogen-bond acceptors (Lipinski definition) is 1. The second-order valence-electron chi connectivity index (χ2n) is 15.4. The van der Waals surface area contributed by atoms with Crippen LogP contribution >= 0.6 is 0 Å². The largest absolute Gasteiger partial charge is 0.481 e. The van der Waals surface area contributed by atoms with Crippen LogP contribution in [-0.4, -0.2) is 11.1 Å². The van der Waals surface area contributed by atoms with Crippen LogP contribution in [0.3, 0.4) is 0 Å². The van der Waals surface area contributed by atoms with Gasteiger partial charge in [0.15, 0.2) is 0 Å². The third-order valence-electron chi connectivity index (χ3n) is 13.6. The summed E-state index contributed by atoms with van der Waals surface area (Å²) in [7, 11) is 0. The van der Waals surface area contributed by atoms with E-state index in [1.807, 2.05) is 0 Å². The average Bonchev–Trinajstić information content (AvgIpc) is 2.71. The molecular weight excluding hydrogens is 404 g/mol. The molecule has 0 saturated heterocycles. The molecule has 0 aromatic heterocycles. The van der Waals surface area contributed by atoms with Gasteiger partial charge in [-0.15, -0.1) is 0 Å². The summed E-state index contributed by atoms with van der Waals surface area (Å²) in [5.41, 5.74) is 2.53. The number of allylic oxidation sites excluding steroid dienone is 2. The van der Waals surface area contributed by atoms with Gasteiger partial charge in [0.05, 0.1) is 5.41 Å². The molecule has 5 aliphatic carbocycles. The zero-order valence-corrected chi connectivity index (χ0v) is 22.8. The van der Waals surface area contributed by atoms with Crippen LogP contribution in [0.4, 0.5) is 0 Å². The van der Waals surface area contributed by atoms with E-state index in [-0.39, 0.29) is 22.2 Å². The minimum absolute atomic E-state index is 0.147. The van der Waals surface area contributed by atoms with Gasteiger partial charge >= 0.3 is 5.97 Å². The van der Waals surface area contributed by atoms with Gasteiger partial charge in [0.25, 0.3) is 0 Å². The Balaban J connectivity index is 1.60. The molecule has 33 heavy (non-hydrogen) atoms. The van der Waals surface area contributed by atoms with Crippen LogP contribution < -0.4 is 0 Å². The van der Waals surface area contributed by atoms with Crippen LogP contribution in [-0.2, 0) is 4.79 Å². The van der Waals surface area contributed by atoms with Gasteiger partial charge in [0.2, 0.25) is 0 Å². The first-order chi connectivity index (χ1) is 15.1. The predicted molar refractivity (Wildman–Crippen MR) is 136 cm³/mol. The summed E-state index contributed by atoms with van der Waals surface area (Å²) in [6.07, 6.45) is 14.1. The molecule has 5 aliphatic rings. The highest BCUT2D eigenvalue weighted by Crippen LogP contribution is 2.76. The zero-order chi connectivity index (χ0) is 24.2. The Hall–Kier alpha value is -0.790. The van der Waals surface area contributed by atoms with E-state index in [4.69, 9.17) is 0 Å². The molecule has 3 unspecified atom stereocenters. The Morgan fingerprint density at radius 2 is 1.55 bits per heavy atom. The minimum Gasteiger partial charge on any atom is -0.481 e. The van der Waals surface area contributed by atoms with Gasteiger partial charge in [-0.3, -0.25) is 4.79 Å². The Bertz CT molecular complexity index is 881. The SMILES string of the molecule is C[C@H]1CCC2(C)C3CC=C4C5CC(C)(C)CC[C@]5(C(=O)O)CC[C@@]4(C)[C@@]3(C)CC[C@H]2C1(C)C. The molecule has 8 atom stereocenters. The summed E-state index contributed by atoms with van der Waals surface area (Å²) in [6.45, 7) is 20.2. The fourth-order valence-corrected chi connectivity index (χ4v) is 10.8. The lowest BCUT2D eigenvalue weighted by Gasteiger charge is -2.71. The molecule has 0 spiro atoms. The first-order valence-corrected chi connectivity index (χ1v) is 14.1. The monoisotopic (exact) mass is 454 g/mol.